The SMILES string of the molecule is CC(C)C[C@H](NC(=O)[C@H](C)NC(=O)[C@@H](N)CCCCN)C(=O)N[C@@H](CC(N)=O)C(=O)N[C@@H](CCCN=C(N)N)C(=O)N[C@@H](CCC(N)=O)C(=O)N[C@@H](CC(C)C)C(=O)N[C@@H](C)C(=O)N[C@H](C(=O)N[C@@H](C)C(=O)O)C(C)C. The van der Waals surface area contributed by atoms with Gasteiger partial charge in [0.25, 0.3) is 0 Å². The normalized spacial score (nSPS) is 15.1. The predicted molar refractivity (Wildman–Crippen MR) is 279 cm³/mol. The third kappa shape index (κ3) is 27.9. The number of carboxylic acids is 1. The van der Waals surface area contributed by atoms with E-state index in [0.717, 1.165) is 0 Å². The van der Waals surface area contributed by atoms with Gasteiger partial charge in [-0.05, 0) is 90.0 Å². The Morgan fingerprint density at radius 2 is 0.868 bits per heavy atom. The zero-order valence-electron chi connectivity index (χ0n) is 45.2. The molecular formula is C47H86N16O13. The van der Waals surface area contributed by atoms with Crippen LogP contribution in [-0.4, -0.2) is 156 Å². The molecule has 0 saturated carbocycles. The molecule has 0 aromatic heterocycles. The lowest BCUT2D eigenvalue weighted by molar-refractivity contribution is -0.142. The van der Waals surface area contributed by atoms with Crippen molar-refractivity contribution in [3.05, 3.63) is 0 Å². The number of hydrogen-bond donors (Lipinski definition) is 16. The maximum absolute atomic E-state index is 14.2. The van der Waals surface area contributed by atoms with Crippen molar-refractivity contribution in [1.29, 1.82) is 0 Å². The Bertz CT molecular complexity index is 2030. The van der Waals surface area contributed by atoms with E-state index in [1.165, 1.54) is 20.8 Å². The van der Waals surface area contributed by atoms with Gasteiger partial charge < -0.3 is 87.4 Å². The third-order valence-corrected chi connectivity index (χ3v) is 11.4. The van der Waals surface area contributed by atoms with Gasteiger partial charge in [0.2, 0.25) is 65.0 Å². The van der Waals surface area contributed by atoms with Crippen LogP contribution >= 0.6 is 0 Å². The second-order valence-electron chi connectivity index (χ2n) is 19.8. The molecule has 0 bridgehead atoms. The standard InChI is InChI=1S/C47H86N16O13/c1-22(2)19-31(42(71)56-26(8)38(67)63-36(24(5)6)45(74)57-27(9)46(75)76)61-41(70)30(15-16-34(50)64)59-40(69)29(14-12-18-54-47(52)53)58-44(73)33(21-35(51)65)62-43(72)32(20-23(3)4)60-37(66)25(7)55-39(68)28(49)13-10-11-17-48/h22-33,36H,10-21,48-49H2,1-9H3,(H2,50,64)(H2,51,65)(H,55,68)(H,56,71)(H,57,74)(H,58,73)(H,59,69)(H,60,66)(H,61,70)(H,62,72)(H,63,67)(H,75,76)(H4,52,53,54)/t25-,26-,27-,28-,29-,30-,31-,32-,33-,36-/m0/s1. The first kappa shape index (κ1) is 68.8. The molecule has 0 spiro atoms. The Balaban J connectivity index is 6.68. The highest BCUT2D eigenvalue weighted by atomic mass is 16.4. The summed E-state index contributed by atoms with van der Waals surface area (Å²) in [4.78, 5) is 161. The minimum atomic E-state index is -1.74. The molecule has 0 aliphatic heterocycles. The molecule has 10 atom stereocenters. The van der Waals surface area contributed by atoms with Crippen LogP contribution < -0.4 is 82.3 Å². The van der Waals surface area contributed by atoms with Crippen LogP contribution in [0.5, 0.6) is 0 Å². The molecular weight excluding hydrogens is 997 g/mol. The Morgan fingerprint density at radius 1 is 0.447 bits per heavy atom. The molecule has 0 aromatic rings. The van der Waals surface area contributed by atoms with Crippen molar-refractivity contribution in [3.8, 4) is 0 Å². The monoisotopic (exact) mass is 1080 g/mol. The van der Waals surface area contributed by atoms with Gasteiger partial charge in [-0.3, -0.25) is 62.5 Å². The number of amides is 11. The maximum atomic E-state index is 14.2. The summed E-state index contributed by atoms with van der Waals surface area (Å²) < 4.78 is 0. The molecule has 0 unspecified atom stereocenters. The highest BCUT2D eigenvalue weighted by Crippen LogP contribution is 2.11. The fourth-order valence-corrected chi connectivity index (χ4v) is 7.11. The van der Waals surface area contributed by atoms with Gasteiger partial charge in [-0.15, -0.1) is 0 Å². The average Bonchev–Trinajstić information content (AvgIpc) is 3.30. The Morgan fingerprint density at radius 3 is 1.33 bits per heavy atom. The number of aliphatic imine (C=N–C) groups is 1. The van der Waals surface area contributed by atoms with E-state index in [2.05, 4.69) is 52.8 Å². The van der Waals surface area contributed by atoms with E-state index < -0.39 is 157 Å². The number of hydrogen-bond acceptors (Lipinski definition) is 15. The molecule has 76 heavy (non-hydrogen) atoms. The molecule has 11 amide bonds. The van der Waals surface area contributed by atoms with Gasteiger partial charge in [0, 0.05) is 13.0 Å². The number of aliphatic carboxylic acids is 1. The number of primary amides is 2. The second kappa shape index (κ2) is 35.2. The number of nitrogens with zero attached hydrogens (tertiary/aromatic N) is 1. The van der Waals surface area contributed by atoms with Gasteiger partial charge >= 0.3 is 5.97 Å². The molecule has 0 fully saturated rings. The van der Waals surface area contributed by atoms with E-state index in [4.69, 9.17) is 34.4 Å². The van der Waals surface area contributed by atoms with E-state index in [9.17, 15) is 62.6 Å². The van der Waals surface area contributed by atoms with Crippen molar-refractivity contribution in [2.75, 3.05) is 13.1 Å². The van der Waals surface area contributed by atoms with E-state index in [1.807, 2.05) is 0 Å². The van der Waals surface area contributed by atoms with Crippen molar-refractivity contribution in [1.82, 2.24) is 47.9 Å². The van der Waals surface area contributed by atoms with E-state index in [-0.39, 0.29) is 50.0 Å². The van der Waals surface area contributed by atoms with Crippen LogP contribution in [0.3, 0.4) is 0 Å². The van der Waals surface area contributed by atoms with E-state index >= 15 is 0 Å². The van der Waals surface area contributed by atoms with Gasteiger partial charge in [0.1, 0.15) is 54.4 Å². The fourth-order valence-electron chi connectivity index (χ4n) is 7.11. The zero-order chi connectivity index (χ0) is 58.6. The van der Waals surface area contributed by atoms with Gasteiger partial charge in [0.15, 0.2) is 5.96 Å². The number of nitrogens with two attached hydrogens (primary N) is 6. The summed E-state index contributed by atoms with van der Waals surface area (Å²) in [6, 6.07) is -13.4. The quantitative estimate of drug-likeness (QED) is 0.0157. The first-order valence-electron chi connectivity index (χ1n) is 25.3. The number of carboxylic acid groups (broad SMARTS) is 1. The third-order valence-electron chi connectivity index (χ3n) is 11.4. The summed E-state index contributed by atoms with van der Waals surface area (Å²) in [5, 5.41) is 31.4. The van der Waals surface area contributed by atoms with Crippen molar-refractivity contribution < 1.29 is 62.6 Å². The van der Waals surface area contributed by atoms with Crippen LogP contribution in [0.15, 0.2) is 4.99 Å². The number of carbonyl (C=O) groups excluding carboxylic acids is 11. The molecule has 29 heteroatoms. The van der Waals surface area contributed by atoms with Crippen molar-refractivity contribution in [2.24, 2.45) is 57.1 Å². The lowest BCUT2D eigenvalue weighted by atomic mass is 10.0. The molecule has 29 nitrogen and oxygen atoms in total. The summed E-state index contributed by atoms with van der Waals surface area (Å²) in [7, 11) is 0. The second-order valence-corrected chi connectivity index (χ2v) is 19.8. The fraction of sp³-hybridized carbons (Fsp3) is 0.723. The number of rotatable bonds is 37. The smallest absolute Gasteiger partial charge is 0.325 e. The van der Waals surface area contributed by atoms with Crippen molar-refractivity contribution in [3.63, 3.8) is 0 Å². The van der Waals surface area contributed by atoms with Crippen LogP contribution in [0.25, 0.3) is 0 Å². The number of carbonyl (C=O) groups is 12. The van der Waals surface area contributed by atoms with Crippen molar-refractivity contribution >= 4 is 76.9 Å². The molecule has 0 saturated heterocycles. The minimum Gasteiger partial charge on any atom is -0.480 e. The summed E-state index contributed by atoms with van der Waals surface area (Å²) in [6.07, 6.45) is -0.296. The van der Waals surface area contributed by atoms with E-state index in [1.54, 1.807) is 41.5 Å². The lowest BCUT2D eigenvalue weighted by Crippen LogP contribution is -2.61. The molecule has 0 aromatic carbocycles. The molecule has 0 aliphatic rings. The molecule has 0 aliphatic carbocycles. The molecule has 0 rings (SSSR count). The van der Waals surface area contributed by atoms with Crippen LogP contribution in [-0.2, 0) is 57.5 Å². The van der Waals surface area contributed by atoms with Gasteiger partial charge in [-0.25, -0.2) is 0 Å². The van der Waals surface area contributed by atoms with Crippen LogP contribution in [0.1, 0.15) is 127 Å². The van der Waals surface area contributed by atoms with E-state index in [0.29, 0.717) is 25.8 Å². The first-order valence-corrected chi connectivity index (χ1v) is 25.3. The number of nitrogens with one attached hydrogen (secondary N) is 9. The topological polar surface area (TPSA) is 502 Å². The van der Waals surface area contributed by atoms with Crippen LogP contribution in [0, 0.1) is 17.8 Å². The average molecular weight is 1080 g/mol. The number of unbranched alkanes of at least 4 members (excludes halogenated alkanes) is 1. The maximum Gasteiger partial charge on any atom is 0.325 e. The summed E-state index contributed by atoms with van der Waals surface area (Å²) in [5.41, 5.74) is 33.3. The van der Waals surface area contributed by atoms with Gasteiger partial charge in [-0.2, -0.15) is 0 Å². The number of guanidine groups is 1. The summed E-state index contributed by atoms with van der Waals surface area (Å²) in [5.74, 6) is -12.4. The molecule has 0 heterocycles. The predicted octanol–water partition coefficient (Wildman–Crippen LogP) is -5.11. The van der Waals surface area contributed by atoms with Crippen molar-refractivity contribution in [2.45, 2.75) is 187 Å². The largest absolute Gasteiger partial charge is 0.480 e. The summed E-state index contributed by atoms with van der Waals surface area (Å²) >= 11 is 0. The van der Waals surface area contributed by atoms with Gasteiger partial charge in [-0.1, -0.05) is 48.0 Å². The highest BCUT2D eigenvalue weighted by Gasteiger charge is 2.35. The van der Waals surface area contributed by atoms with Crippen LogP contribution in [0.2, 0.25) is 0 Å². The Labute approximate surface area is 443 Å². The molecule has 0 radical (unpaired) electrons. The Kier molecular flexibility index (Phi) is 31.8. The highest BCUT2D eigenvalue weighted by molar-refractivity contribution is 5.99. The molecule has 22 N–H and O–H groups in total. The van der Waals surface area contributed by atoms with Gasteiger partial charge in [0.05, 0.1) is 12.5 Å². The Hall–Kier alpha value is -7.17. The summed E-state index contributed by atoms with van der Waals surface area (Å²) in [6.45, 7) is 14.5. The van der Waals surface area contributed by atoms with Crippen LogP contribution in [0.4, 0.5) is 0 Å². The molecule has 432 valence electrons. The lowest BCUT2D eigenvalue weighted by Gasteiger charge is -2.28. The minimum absolute atomic E-state index is 0.00901. The first-order chi connectivity index (χ1) is 35.3. The zero-order valence-corrected chi connectivity index (χ0v) is 45.2.